The smallest absolute Gasteiger partial charge is 0.303 e. The Hall–Kier alpha value is -2.28. The second-order valence-electron chi connectivity index (χ2n) is 5.71. The molecule has 1 aliphatic rings. The molecular weight excluding hydrogens is 356 g/mol. The molecule has 0 radical (unpaired) electrons. The Morgan fingerprint density at radius 2 is 1.58 bits per heavy atom. The third-order valence-electron chi connectivity index (χ3n) is 3.37. The summed E-state index contributed by atoms with van der Waals surface area (Å²) in [5.41, 5.74) is 2.68. The van der Waals surface area contributed by atoms with Crippen LogP contribution in [-0.2, 0) is 38.1 Å². The van der Waals surface area contributed by atoms with Gasteiger partial charge in [-0.15, -0.1) is 0 Å². The van der Waals surface area contributed by atoms with E-state index in [1.54, 1.807) is 0 Å². The number of carbonyl (C=O) groups is 4. The van der Waals surface area contributed by atoms with Gasteiger partial charge in [-0.2, -0.15) is 0 Å². The zero-order valence-electron chi connectivity index (χ0n) is 14.7. The standard InChI is InChI=1S/C14H22N2O10/c1-6(17)16-13(21)12(25-9(4)20)11(24-8(3)19)10(5-23-7(2)18)26-14(13,15)22/h10-12,21-22H,5,15H2,1-4H3,(H,16,17)/t10-,11-,12+,13-,14+/m1/s1. The summed E-state index contributed by atoms with van der Waals surface area (Å²) in [5.74, 6) is -6.38. The Kier molecular flexibility index (Phi) is 6.65. The van der Waals surface area contributed by atoms with E-state index in [1.807, 2.05) is 5.32 Å². The van der Waals surface area contributed by atoms with Crippen molar-refractivity contribution in [1.82, 2.24) is 5.32 Å². The highest BCUT2D eigenvalue weighted by Gasteiger charge is 2.66. The van der Waals surface area contributed by atoms with E-state index in [0.717, 1.165) is 27.7 Å². The predicted octanol–water partition coefficient (Wildman–Crippen LogP) is -2.76. The number of rotatable bonds is 5. The van der Waals surface area contributed by atoms with Crippen molar-refractivity contribution < 1.29 is 48.3 Å². The summed E-state index contributed by atoms with van der Waals surface area (Å²) in [5, 5.41) is 23.0. The molecule has 0 spiro atoms. The molecule has 0 unspecified atom stereocenters. The first-order chi connectivity index (χ1) is 11.8. The van der Waals surface area contributed by atoms with E-state index in [-0.39, 0.29) is 0 Å². The molecule has 1 amide bonds. The minimum absolute atomic E-state index is 0.555. The van der Waals surface area contributed by atoms with Gasteiger partial charge in [0.25, 0.3) is 5.91 Å². The normalized spacial score (nSPS) is 33.7. The van der Waals surface area contributed by atoms with Crippen molar-refractivity contribution in [3.63, 3.8) is 0 Å². The topological polar surface area (TPSA) is 184 Å². The van der Waals surface area contributed by atoms with E-state index >= 15 is 0 Å². The summed E-state index contributed by atoms with van der Waals surface area (Å²) in [4.78, 5) is 45.4. The van der Waals surface area contributed by atoms with Crippen LogP contribution in [-0.4, -0.2) is 70.6 Å². The molecule has 1 heterocycles. The molecule has 0 aromatic heterocycles. The summed E-state index contributed by atoms with van der Waals surface area (Å²) in [6.45, 7) is 3.53. The number of nitrogens with one attached hydrogen (secondary N) is 1. The van der Waals surface area contributed by atoms with E-state index in [9.17, 15) is 29.4 Å². The third-order valence-corrected chi connectivity index (χ3v) is 3.37. The highest BCUT2D eigenvalue weighted by atomic mass is 16.7. The largest absolute Gasteiger partial charge is 0.463 e. The van der Waals surface area contributed by atoms with E-state index in [2.05, 4.69) is 0 Å². The molecule has 5 N–H and O–H groups in total. The first kappa shape index (κ1) is 21.8. The highest BCUT2D eigenvalue weighted by Crippen LogP contribution is 2.35. The Morgan fingerprint density at radius 1 is 1.04 bits per heavy atom. The van der Waals surface area contributed by atoms with Crippen LogP contribution in [0.2, 0.25) is 0 Å². The summed E-state index contributed by atoms with van der Waals surface area (Å²) < 4.78 is 19.8. The van der Waals surface area contributed by atoms with Crippen LogP contribution >= 0.6 is 0 Å². The van der Waals surface area contributed by atoms with Crippen molar-refractivity contribution in [3.8, 4) is 0 Å². The number of carbonyl (C=O) groups excluding carboxylic acids is 4. The Balaban J connectivity index is 3.39. The van der Waals surface area contributed by atoms with E-state index in [1.165, 1.54) is 0 Å². The van der Waals surface area contributed by atoms with Gasteiger partial charge in [-0.25, -0.2) is 0 Å². The van der Waals surface area contributed by atoms with Crippen molar-refractivity contribution >= 4 is 23.8 Å². The van der Waals surface area contributed by atoms with Crippen molar-refractivity contribution in [2.45, 2.75) is 57.6 Å². The molecule has 12 heteroatoms. The first-order valence-electron chi connectivity index (χ1n) is 7.48. The molecule has 0 aromatic rings. The van der Waals surface area contributed by atoms with Crippen LogP contribution in [0.4, 0.5) is 0 Å². The van der Waals surface area contributed by atoms with Gasteiger partial charge >= 0.3 is 17.9 Å². The fourth-order valence-corrected chi connectivity index (χ4v) is 2.44. The monoisotopic (exact) mass is 378 g/mol. The van der Waals surface area contributed by atoms with Crippen LogP contribution in [0.1, 0.15) is 27.7 Å². The first-order valence-corrected chi connectivity index (χ1v) is 7.48. The van der Waals surface area contributed by atoms with Gasteiger partial charge in [0.1, 0.15) is 12.7 Å². The molecule has 26 heavy (non-hydrogen) atoms. The highest BCUT2D eigenvalue weighted by molar-refractivity contribution is 5.74. The number of amides is 1. The second-order valence-corrected chi connectivity index (χ2v) is 5.71. The lowest BCUT2D eigenvalue weighted by Gasteiger charge is -2.52. The molecule has 12 nitrogen and oxygen atoms in total. The van der Waals surface area contributed by atoms with Crippen molar-refractivity contribution in [3.05, 3.63) is 0 Å². The number of esters is 3. The van der Waals surface area contributed by atoms with Crippen molar-refractivity contribution in [2.75, 3.05) is 6.61 Å². The van der Waals surface area contributed by atoms with Gasteiger partial charge in [-0.3, -0.25) is 24.9 Å². The van der Waals surface area contributed by atoms with E-state index in [0.29, 0.717) is 0 Å². The quantitative estimate of drug-likeness (QED) is 0.221. The van der Waals surface area contributed by atoms with Gasteiger partial charge in [0, 0.05) is 27.7 Å². The second kappa shape index (κ2) is 7.95. The summed E-state index contributed by atoms with van der Waals surface area (Å²) in [6.07, 6.45) is -4.87. The molecule has 1 fully saturated rings. The maximum absolute atomic E-state index is 11.5. The Labute approximate surface area is 148 Å². The fourth-order valence-electron chi connectivity index (χ4n) is 2.44. The lowest BCUT2D eigenvalue weighted by Crippen LogP contribution is -2.82. The fraction of sp³-hybridized carbons (Fsp3) is 0.714. The zero-order chi connectivity index (χ0) is 20.3. The van der Waals surface area contributed by atoms with E-state index < -0.39 is 60.4 Å². The Morgan fingerprint density at radius 3 is 2.00 bits per heavy atom. The maximum Gasteiger partial charge on any atom is 0.303 e. The molecule has 1 saturated heterocycles. The summed E-state index contributed by atoms with van der Waals surface area (Å²) in [7, 11) is 0. The number of hydrogen-bond acceptors (Lipinski definition) is 11. The number of nitrogens with two attached hydrogens (primary N) is 1. The number of ether oxygens (including phenoxy) is 4. The van der Waals surface area contributed by atoms with Gasteiger partial charge in [0.15, 0.2) is 12.2 Å². The minimum Gasteiger partial charge on any atom is -0.463 e. The predicted molar refractivity (Wildman–Crippen MR) is 80.5 cm³/mol. The van der Waals surface area contributed by atoms with Crippen LogP contribution in [0.15, 0.2) is 0 Å². The molecule has 0 bridgehead atoms. The number of aliphatic hydroxyl groups is 2. The van der Waals surface area contributed by atoms with Crippen LogP contribution in [0.25, 0.3) is 0 Å². The molecular formula is C14H22N2O10. The molecule has 0 aromatic carbocycles. The average Bonchev–Trinajstić information content (AvgIpc) is 2.44. The molecule has 5 atom stereocenters. The van der Waals surface area contributed by atoms with Gasteiger partial charge in [-0.05, 0) is 0 Å². The lowest BCUT2D eigenvalue weighted by atomic mass is 9.90. The molecule has 0 aliphatic carbocycles. The summed E-state index contributed by atoms with van der Waals surface area (Å²) >= 11 is 0. The SMILES string of the molecule is CC(=O)N[C@@]1(O)[C@@H](OC(C)=O)[C@H](OC(C)=O)[C@@H](COC(C)=O)O[C@@]1(N)O. The average molecular weight is 378 g/mol. The van der Waals surface area contributed by atoms with Crippen molar-refractivity contribution in [1.29, 1.82) is 0 Å². The van der Waals surface area contributed by atoms with Gasteiger partial charge in [0.2, 0.25) is 11.6 Å². The minimum atomic E-state index is -2.99. The lowest BCUT2D eigenvalue weighted by molar-refractivity contribution is -0.393. The van der Waals surface area contributed by atoms with E-state index in [4.69, 9.17) is 24.7 Å². The Bertz CT molecular complexity index is 592. The molecule has 1 rings (SSSR count). The third kappa shape index (κ3) is 4.88. The zero-order valence-corrected chi connectivity index (χ0v) is 14.7. The van der Waals surface area contributed by atoms with Crippen molar-refractivity contribution in [2.24, 2.45) is 5.73 Å². The van der Waals surface area contributed by atoms with Gasteiger partial charge in [-0.1, -0.05) is 0 Å². The van der Waals surface area contributed by atoms with Crippen LogP contribution in [0, 0.1) is 0 Å². The maximum atomic E-state index is 11.5. The molecule has 0 saturated carbocycles. The molecule has 1 aliphatic heterocycles. The van der Waals surface area contributed by atoms with Gasteiger partial charge in [0.05, 0.1) is 0 Å². The molecule has 148 valence electrons. The van der Waals surface area contributed by atoms with Crippen LogP contribution in [0.3, 0.4) is 0 Å². The summed E-state index contributed by atoms with van der Waals surface area (Å²) in [6, 6.07) is 0. The number of hydrogen-bond donors (Lipinski definition) is 4. The van der Waals surface area contributed by atoms with Crippen LogP contribution < -0.4 is 11.1 Å². The van der Waals surface area contributed by atoms with Gasteiger partial charge < -0.3 is 34.5 Å². The van der Waals surface area contributed by atoms with Crippen LogP contribution in [0.5, 0.6) is 0 Å².